The van der Waals surface area contributed by atoms with Crippen LogP contribution in [0, 0.1) is 0 Å². The van der Waals surface area contributed by atoms with Crippen molar-refractivity contribution in [3.05, 3.63) is 29.8 Å². The van der Waals surface area contributed by atoms with Crippen molar-refractivity contribution in [1.82, 2.24) is 5.32 Å². The summed E-state index contributed by atoms with van der Waals surface area (Å²) in [7, 11) is -1.50. The molecule has 1 aliphatic heterocycles. The van der Waals surface area contributed by atoms with Crippen molar-refractivity contribution in [2.45, 2.75) is 16.6 Å². The Balaban J connectivity index is 2.06. The Labute approximate surface area is 133 Å². The fraction of sp³-hybridized carbons (Fsp3) is 0.429. The normalized spacial score (nSPS) is 19.6. The summed E-state index contributed by atoms with van der Waals surface area (Å²) in [6, 6.07) is 6.84. The van der Waals surface area contributed by atoms with Gasteiger partial charge in [0.15, 0.2) is 16.4 Å². The molecule has 0 spiro atoms. The van der Waals surface area contributed by atoms with Gasteiger partial charge in [-0.2, -0.15) is 0 Å². The molecule has 0 aliphatic carbocycles. The van der Waals surface area contributed by atoms with Crippen LogP contribution in [0.4, 0.5) is 0 Å². The van der Waals surface area contributed by atoms with Crippen LogP contribution in [0.2, 0.25) is 0 Å². The molecule has 0 aromatic heterocycles. The Bertz CT molecular complexity index is 672. The summed E-state index contributed by atoms with van der Waals surface area (Å²) in [5.41, 5.74) is 0.348. The highest BCUT2D eigenvalue weighted by Gasteiger charge is 2.29. The van der Waals surface area contributed by atoms with Crippen molar-refractivity contribution >= 4 is 33.5 Å². The second-order valence-electron chi connectivity index (χ2n) is 4.89. The average molecular weight is 343 g/mol. The summed E-state index contributed by atoms with van der Waals surface area (Å²) in [6.07, 6.45) is 0.578. The average Bonchev–Trinajstić information content (AvgIpc) is 2.83. The van der Waals surface area contributed by atoms with E-state index in [0.717, 1.165) is 0 Å². The van der Waals surface area contributed by atoms with E-state index in [4.69, 9.17) is 4.74 Å². The van der Waals surface area contributed by atoms with E-state index in [1.807, 2.05) is 0 Å². The van der Waals surface area contributed by atoms with Gasteiger partial charge in [-0.25, -0.2) is 13.2 Å². The van der Waals surface area contributed by atoms with Crippen LogP contribution in [0.25, 0.3) is 0 Å². The summed E-state index contributed by atoms with van der Waals surface area (Å²) in [5, 5.41) is 2.31. The van der Waals surface area contributed by atoms with Crippen LogP contribution in [-0.2, 0) is 19.4 Å². The summed E-state index contributed by atoms with van der Waals surface area (Å²) in [6.45, 7) is -0.341. The quantitative estimate of drug-likeness (QED) is 0.798. The minimum Gasteiger partial charge on any atom is -0.452 e. The highest BCUT2D eigenvalue weighted by molar-refractivity contribution is 8.02. The molecule has 1 aromatic carbocycles. The number of rotatable bonds is 5. The van der Waals surface area contributed by atoms with Crippen molar-refractivity contribution in [2.24, 2.45) is 0 Å². The van der Waals surface area contributed by atoms with Gasteiger partial charge in [-0.15, -0.1) is 11.8 Å². The van der Waals surface area contributed by atoms with Crippen molar-refractivity contribution in [3.63, 3.8) is 0 Å². The van der Waals surface area contributed by atoms with Gasteiger partial charge in [0.1, 0.15) is 0 Å². The monoisotopic (exact) mass is 343 g/mol. The third kappa shape index (κ3) is 4.48. The minimum atomic E-state index is -2.96. The summed E-state index contributed by atoms with van der Waals surface area (Å²) in [5.74, 6) is -0.666. The third-order valence-corrected chi connectivity index (χ3v) is 6.53. The van der Waals surface area contributed by atoms with E-state index in [1.54, 1.807) is 24.3 Å². The van der Waals surface area contributed by atoms with E-state index in [1.165, 1.54) is 18.8 Å². The van der Waals surface area contributed by atoms with Crippen LogP contribution in [0.3, 0.4) is 0 Å². The Morgan fingerprint density at radius 3 is 2.73 bits per heavy atom. The van der Waals surface area contributed by atoms with Gasteiger partial charge < -0.3 is 10.1 Å². The first-order valence-corrected chi connectivity index (χ1v) is 9.45. The third-order valence-electron chi connectivity index (χ3n) is 3.20. The number of thioether (sulfide) groups is 1. The molecule has 1 heterocycles. The van der Waals surface area contributed by atoms with Gasteiger partial charge in [-0.3, -0.25) is 4.79 Å². The van der Waals surface area contributed by atoms with Crippen LogP contribution in [0.5, 0.6) is 0 Å². The molecule has 6 nitrogen and oxygen atoms in total. The SMILES string of the molecule is CNC(=O)COC(=O)c1ccccc1S[C@@H]1CCS(=O)(=O)C1. The van der Waals surface area contributed by atoms with Crippen LogP contribution in [0.1, 0.15) is 16.8 Å². The van der Waals surface area contributed by atoms with Gasteiger partial charge in [0.05, 0.1) is 17.1 Å². The van der Waals surface area contributed by atoms with Crippen LogP contribution in [-0.4, -0.2) is 50.7 Å². The Morgan fingerprint density at radius 2 is 2.09 bits per heavy atom. The molecule has 8 heteroatoms. The van der Waals surface area contributed by atoms with Gasteiger partial charge in [0.2, 0.25) is 0 Å². The van der Waals surface area contributed by atoms with Gasteiger partial charge in [-0.05, 0) is 18.6 Å². The molecule has 1 saturated heterocycles. The molecule has 0 bridgehead atoms. The molecule has 1 amide bonds. The molecule has 1 aliphatic rings. The molecule has 0 radical (unpaired) electrons. The standard InChI is InChI=1S/C14H17NO5S2/c1-15-13(16)8-20-14(17)11-4-2-3-5-12(11)21-10-6-7-22(18,19)9-10/h2-5,10H,6-9H2,1H3,(H,15,16)/t10-/m1/s1. The fourth-order valence-electron chi connectivity index (χ4n) is 2.05. The second kappa shape index (κ2) is 7.15. The maximum Gasteiger partial charge on any atom is 0.339 e. The number of carbonyl (C=O) groups excluding carboxylic acids is 2. The van der Waals surface area contributed by atoms with E-state index < -0.39 is 15.8 Å². The van der Waals surface area contributed by atoms with Crippen LogP contribution in [0.15, 0.2) is 29.2 Å². The Kier molecular flexibility index (Phi) is 5.47. The molecular weight excluding hydrogens is 326 g/mol. The molecular formula is C14H17NO5S2. The van der Waals surface area contributed by atoms with Crippen LogP contribution < -0.4 is 5.32 Å². The number of nitrogens with one attached hydrogen (secondary N) is 1. The smallest absolute Gasteiger partial charge is 0.339 e. The van der Waals surface area contributed by atoms with E-state index in [0.29, 0.717) is 16.9 Å². The molecule has 1 atom stereocenters. The predicted octanol–water partition coefficient (Wildman–Crippen LogP) is 0.869. The molecule has 120 valence electrons. The van der Waals surface area contributed by atoms with E-state index in [2.05, 4.69) is 5.32 Å². The number of ether oxygens (including phenoxy) is 1. The largest absolute Gasteiger partial charge is 0.452 e. The number of hydrogen-bond donors (Lipinski definition) is 1. The van der Waals surface area contributed by atoms with Crippen molar-refractivity contribution in [1.29, 1.82) is 0 Å². The highest BCUT2D eigenvalue weighted by Crippen LogP contribution is 2.33. The van der Waals surface area contributed by atoms with Gasteiger partial charge >= 0.3 is 5.97 Å². The molecule has 1 aromatic rings. The Hall–Kier alpha value is -1.54. The Morgan fingerprint density at radius 1 is 1.36 bits per heavy atom. The van der Waals surface area contributed by atoms with Crippen LogP contribution >= 0.6 is 11.8 Å². The fourth-order valence-corrected chi connectivity index (χ4v) is 5.67. The zero-order valence-corrected chi connectivity index (χ0v) is 13.7. The molecule has 2 rings (SSSR count). The first kappa shape index (κ1) is 16.8. The minimum absolute atomic E-state index is 0.0575. The van der Waals surface area contributed by atoms with E-state index in [-0.39, 0.29) is 29.3 Å². The number of hydrogen-bond acceptors (Lipinski definition) is 6. The summed E-state index contributed by atoms with van der Waals surface area (Å²) >= 11 is 1.37. The number of esters is 1. The maximum atomic E-state index is 12.1. The molecule has 0 unspecified atom stereocenters. The van der Waals surface area contributed by atoms with Crippen molar-refractivity contribution in [3.8, 4) is 0 Å². The van der Waals surface area contributed by atoms with Crippen molar-refractivity contribution in [2.75, 3.05) is 25.2 Å². The lowest BCUT2D eigenvalue weighted by Crippen LogP contribution is -2.25. The summed E-state index contributed by atoms with van der Waals surface area (Å²) < 4.78 is 28.0. The molecule has 1 fully saturated rings. The van der Waals surface area contributed by atoms with Gasteiger partial charge in [-0.1, -0.05) is 12.1 Å². The van der Waals surface area contributed by atoms with Gasteiger partial charge in [0.25, 0.3) is 5.91 Å². The van der Waals surface area contributed by atoms with E-state index >= 15 is 0 Å². The molecule has 0 saturated carbocycles. The number of benzene rings is 1. The van der Waals surface area contributed by atoms with Crippen molar-refractivity contribution < 1.29 is 22.7 Å². The summed E-state index contributed by atoms with van der Waals surface area (Å²) in [4.78, 5) is 23.8. The zero-order valence-electron chi connectivity index (χ0n) is 12.1. The topological polar surface area (TPSA) is 89.5 Å². The number of likely N-dealkylation sites (N-methyl/N-ethyl adjacent to an activating group) is 1. The van der Waals surface area contributed by atoms with Gasteiger partial charge in [0, 0.05) is 17.2 Å². The molecule has 1 N–H and O–H groups in total. The highest BCUT2D eigenvalue weighted by atomic mass is 32.2. The maximum absolute atomic E-state index is 12.1. The second-order valence-corrected chi connectivity index (χ2v) is 8.46. The lowest BCUT2D eigenvalue weighted by Gasteiger charge is -2.12. The lowest BCUT2D eigenvalue weighted by atomic mass is 10.2. The zero-order chi connectivity index (χ0) is 16.2. The first-order valence-electron chi connectivity index (χ1n) is 6.75. The van der Waals surface area contributed by atoms with E-state index in [9.17, 15) is 18.0 Å². The number of carbonyl (C=O) groups is 2. The first-order chi connectivity index (χ1) is 10.4. The lowest BCUT2D eigenvalue weighted by molar-refractivity contribution is -0.123. The number of amides is 1. The predicted molar refractivity (Wildman–Crippen MR) is 83.7 cm³/mol. The number of sulfone groups is 1. The molecule has 22 heavy (non-hydrogen) atoms.